The second-order valence-electron chi connectivity index (χ2n) is 3.28. The van der Waals surface area contributed by atoms with Crippen LogP contribution in [0.4, 0.5) is 15.9 Å². The minimum atomic E-state index is -0.456. The summed E-state index contributed by atoms with van der Waals surface area (Å²) in [5.74, 6) is -0.0608. The molecule has 0 saturated carbocycles. The van der Waals surface area contributed by atoms with E-state index in [9.17, 15) is 4.39 Å². The number of hydrogen-bond donors (Lipinski definition) is 1. The molecular formula is C11H8Cl2FN3S. The van der Waals surface area contributed by atoms with Crippen molar-refractivity contribution in [1.82, 2.24) is 9.97 Å². The molecule has 0 unspecified atom stereocenters. The Bertz CT molecular complexity index is 560. The minimum Gasteiger partial charge on any atom is -0.336 e. The molecule has 0 aliphatic carbocycles. The molecule has 1 N–H and O–H groups in total. The van der Waals surface area contributed by atoms with Crippen LogP contribution in [0.1, 0.15) is 0 Å². The third-order valence-corrected chi connectivity index (χ3v) is 3.13. The monoisotopic (exact) mass is 303 g/mol. The first-order chi connectivity index (χ1) is 8.60. The summed E-state index contributed by atoms with van der Waals surface area (Å²) >= 11 is 13.1. The average Bonchev–Trinajstić information content (AvgIpc) is 2.33. The van der Waals surface area contributed by atoms with Crippen molar-refractivity contribution in [3.8, 4) is 0 Å². The minimum absolute atomic E-state index is 0.168. The van der Waals surface area contributed by atoms with Crippen molar-refractivity contribution < 1.29 is 4.39 Å². The van der Waals surface area contributed by atoms with Gasteiger partial charge in [0.05, 0.1) is 10.7 Å². The maximum absolute atomic E-state index is 13.6. The van der Waals surface area contributed by atoms with Gasteiger partial charge in [0.15, 0.2) is 5.16 Å². The van der Waals surface area contributed by atoms with Crippen molar-refractivity contribution >= 4 is 46.5 Å². The molecule has 0 aliphatic rings. The van der Waals surface area contributed by atoms with E-state index in [-0.39, 0.29) is 15.9 Å². The van der Waals surface area contributed by atoms with Gasteiger partial charge in [-0.15, -0.1) is 0 Å². The Balaban J connectivity index is 2.37. The predicted molar refractivity (Wildman–Crippen MR) is 73.5 cm³/mol. The van der Waals surface area contributed by atoms with E-state index < -0.39 is 5.82 Å². The third kappa shape index (κ3) is 3.04. The second kappa shape index (κ2) is 5.73. The zero-order valence-electron chi connectivity index (χ0n) is 9.25. The summed E-state index contributed by atoms with van der Waals surface area (Å²) in [6.07, 6.45) is 1.82. The first-order valence-corrected chi connectivity index (χ1v) is 6.88. The van der Waals surface area contributed by atoms with Gasteiger partial charge in [0.1, 0.15) is 16.8 Å². The quantitative estimate of drug-likeness (QED) is 0.518. The highest BCUT2D eigenvalue weighted by molar-refractivity contribution is 7.98. The van der Waals surface area contributed by atoms with E-state index in [4.69, 9.17) is 23.2 Å². The van der Waals surface area contributed by atoms with E-state index in [2.05, 4.69) is 15.3 Å². The number of nitrogens with zero attached hydrogens (tertiary/aromatic N) is 2. The molecule has 0 radical (unpaired) electrons. The molecule has 0 spiro atoms. The predicted octanol–water partition coefficient (Wildman–Crippen LogP) is 4.39. The molecule has 2 rings (SSSR count). The van der Waals surface area contributed by atoms with E-state index in [1.807, 2.05) is 6.26 Å². The van der Waals surface area contributed by atoms with Gasteiger partial charge in [0, 0.05) is 6.07 Å². The lowest BCUT2D eigenvalue weighted by Crippen LogP contribution is -1.99. The molecule has 7 heteroatoms. The number of aromatic nitrogens is 2. The SMILES string of the molecule is CSc1nc(Cl)cc(Nc2c(F)cccc2Cl)n1. The third-order valence-electron chi connectivity index (χ3n) is 2.07. The number of anilines is 2. The van der Waals surface area contributed by atoms with Gasteiger partial charge in [0.25, 0.3) is 0 Å². The standard InChI is InChI=1S/C11H8Cl2FN3S/c1-18-11-15-8(13)5-9(17-11)16-10-6(12)3-2-4-7(10)14/h2-5H,1H3,(H,15,16,17). The molecule has 0 aliphatic heterocycles. The number of hydrogen-bond acceptors (Lipinski definition) is 4. The molecule has 0 amide bonds. The molecule has 0 saturated heterocycles. The van der Waals surface area contributed by atoms with Crippen molar-refractivity contribution in [3.63, 3.8) is 0 Å². The number of nitrogens with one attached hydrogen (secondary N) is 1. The Morgan fingerprint density at radius 1 is 1.28 bits per heavy atom. The number of rotatable bonds is 3. The Kier molecular flexibility index (Phi) is 4.27. The van der Waals surface area contributed by atoms with Gasteiger partial charge < -0.3 is 5.32 Å². The van der Waals surface area contributed by atoms with Crippen LogP contribution in [0.15, 0.2) is 29.4 Å². The number of benzene rings is 1. The van der Waals surface area contributed by atoms with Gasteiger partial charge in [0.2, 0.25) is 0 Å². The van der Waals surface area contributed by atoms with Crippen molar-refractivity contribution in [2.75, 3.05) is 11.6 Å². The number of thioether (sulfide) groups is 1. The van der Waals surface area contributed by atoms with Crippen LogP contribution in [0, 0.1) is 5.82 Å². The maximum Gasteiger partial charge on any atom is 0.190 e. The molecule has 0 bridgehead atoms. The number of para-hydroxylation sites is 1. The number of halogens is 3. The van der Waals surface area contributed by atoms with Crippen molar-refractivity contribution in [3.05, 3.63) is 40.3 Å². The van der Waals surface area contributed by atoms with Crippen molar-refractivity contribution in [2.45, 2.75) is 5.16 Å². The molecule has 1 heterocycles. The molecule has 0 atom stereocenters. The molecule has 0 fully saturated rings. The summed E-state index contributed by atoms with van der Waals surface area (Å²) in [5, 5.41) is 3.85. The van der Waals surface area contributed by atoms with Gasteiger partial charge in [-0.3, -0.25) is 0 Å². The van der Waals surface area contributed by atoms with Crippen molar-refractivity contribution in [2.24, 2.45) is 0 Å². The molecule has 1 aromatic carbocycles. The van der Waals surface area contributed by atoms with E-state index in [1.54, 1.807) is 6.07 Å². The van der Waals surface area contributed by atoms with E-state index in [0.717, 1.165) is 0 Å². The van der Waals surface area contributed by atoms with Crippen LogP contribution >= 0.6 is 35.0 Å². The summed E-state index contributed by atoms with van der Waals surface area (Å²) in [7, 11) is 0. The zero-order chi connectivity index (χ0) is 13.1. The Hall–Kier alpha value is -1.04. The zero-order valence-corrected chi connectivity index (χ0v) is 11.6. The fraction of sp³-hybridized carbons (Fsp3) is 0.0909. The second-order valence-corrected chi connectivity index (χ2v) is 4.85. The highest BCUT2D eigenvalue weighted by Gasteiger charge is 2.09. The van der Waals surface area contributed by atoms with Crippen LogP contribution in [0.5, 0.6) is 0 Å². The van der Waals surface area contributed by atoms with E-state index in [1.165, 1.54) is 30.0 Å². The van der Waals surface area contributed by atoms with Crippen LogP contribution in [0.3, 0.4) is 0 Å². The summed E-state index contributed by atoms with van der Waals surface area (Å²) in [6, 6.07) is 5.94. The summed E-state index contributed by atoms with van der Waals surface area (Å²) in [6.45, 7) is 0. The Morgan fingerprint density at radius 2 is 2.06 bits per heavy atom. The van der Waals surface area contributed by atoms with Gasteiger partial charge >= 0.3 is 0 Å². The lowest BCUT2D eigenvalue weighted by atomic mass is 10.3. The van der Waals surface area contributed by atoms with E-state index >= 15 is 0 Å². The van der Waals surface area contributed by atoms with Crippen LogP contribution in [0.25, 0.3) is 0 Å². The Labute approximate surface area is 118 Å². The first-order valence-electron chi connectivity index (χ1n) is 4.90. The van der Waals surface area contributed by atoms with Gasteiger partial charge in [-0.05, 0) is 18.4 Å². The lowest BCUT2D eigenvalue weighted by Gasteiger charge is -2.09. The van der Waals surface area contributed by atoms with Gasteiger partial charge in [-0.25, -0.2) is 14.4 Å². The van der Waals surface area contributed by atoms with Gasteiger partial charge in [-0.1, -0.05) is 41.0 Å². The van der Waals surface area contributed by atoms with Crippen LogP contribution in [0.2, 0.25) is 10.2 Å². The Morgan fingerprint density at radius 3 is 2.72 bits per heavy atom. The fourth-order valence-electron chi connectivity index (χ4n) is 1.30. The molecule has 1 aromatic heterocycles. The topological polar surface area (TPSA) is 37.8 Å². The summed E-state index contributed by atoms with van der Waals surface area (Å²) in [4.78, 5) is 8.15. The van der Waals surface area contributed by atoms with E-state index in [0.29, 0.717) is 11.0 Å². The normalized spacial score (nSPS) is 10.4. The molecular weight excluding hydrogens is 296 g/mol. The summed E-state index contributed by atoms with van der Waals surface area (Å²) in [5.41, 5.74) is 0.168. The van der Waals surface area contributed by atoms with Crippen LogP contribution in [-0.4, -0.2) is 16.2 Å². The fourth-order valence-corrected chi connectivity index (χ4v) is 2.12. The molecule has 94 valence electrons. The molecule has 2 aromatic rings. The molecule has 18 heavy (non-hydrogen) atoms. The maximum atomic E-state index is 13.6. The molecule has 3 nitrogen and oxygen atoms in total. The smallest absolute Gasteiger partial charge is 0.190 e. The van der Waals surface area contributed by atoms with Gasteiger partial charge in [-0.2, -0.15) is 0 Å². The lowest BCUT2D eigenvalue weighted by molar-refractivity contribution is 0.632. The first kappa shape index (κ1) is 13.4. The van der Waals surface area contributed by atoms with Crippen molar-refractivity contribution in [1.29, 1.82) is 0 Å². The highest BCUT2D eigenvalue weighted by atomic mass is 35.5. The van der Waals surface area contributed by atoms with Crippen LogP contribution in [-0.2, 0) is 0 Å². The van der Waals surface area contributed by atoms with Crippen LogP contribution < -0.4 is 5.32 Å². The highest BCUT2D eigenvalue weighted by Crippen LogP contribution is 2.28. The largest absolute Gasteiger partial charge is 0.336 e. The summed E-state index contributed by atoms with van der Waals surface area (Å²) < 4.78 is 13.6. The average molecular weight is 304 g/mol.